The number of anilines is 1. The molecule has 0 unspecified atom stereocenters. The van der Waals surface area contributed by atoms with Crippen molar-refractivity contribution in [3.8, 4) is 0 Å². The highest BCUT2D eigenvalue weighted by Crippen LogP contribution is 2.34. The van der Waals surface area contributed by atoms with E-state index in [9.17, 15) is 19.7 Å². The minimum atomic E-state index is -0.702. The van der Waals surface area contributed by atoms with Gasteiger partial charge in [0.1, 0.15) is 10.6 Å². The molecule has 0 atom stereocenters. The summed E-state index contributed by atoms with van der Waals surface area (Å²) < 4.78 is 4.86. The van der Waals surface area contributed by atoms with Crippen molar-refractivity contribution in [2.24, 2.45) is 0 Å². The number of ether oxygens (including phenoxy) is 1. The smallest absolute Gasteiger partial charge is 0.341 e. The molecule has 1 N–H and O–H groups in total. The van der Waals surface area contributed by atoms with Crippen molar-refractivity contribution in [3.05, 3.63) is 57.6 Å². The fraction of sp³-hybridized carbons (Fsp3) is 0.200. The van der Waals surface area contributed by atoms with E-state index in [1.54, 1.807) is 19.1 Å². The first-order chi connectivity index (χ1) is 11.0. The maximum atomic E-state index is 12.1. The van der Waals surface area contributed by atoms with Gasteiger partial charge in [0.15, 0.2) is 0 Å². The Kier molecular flexibility index (Phi) is 5.42. The van der Waals surface area contributed by atoms with E-state index in [1.807, 2.05) is 18.2 Å². The molecular weight excluding hydrogens is 320 g/mol. The summed E-state index contributed by atoms with van der Waals surface area (Å²) in [5, 5.41) is 13.3. The molecule has 0 saturated carbocycles. The van der Waals surface area contributed by atoms with Crippen LogP contribution in [0.3, 0.4) is 0 Å². The van der Waals surface area contributed by atoms with Gasteiger partial charge in [-0.05, 0) is 23.8 Å². The van der Waals surface area contributed by atoms with Crippen LogP contribution in [0.2, 0.25) is 0 Å². The van der Waals surface area contributed by atoms with Crippen LogP contribution in [-0.4, -0.2) is 23.4 Å². The van der Waals surface area contributed by atoms with Crippen molar-refractivity contribution in [1.82, 2.24) is 0 Å². The summed E-state index contributed by atoms with van der Waals surface area (Å²) in [6.07, 6.45) is 0.106. The van der Waals surface area contributed by atoms with E-state index in [4.69, 9.17) is 4.74 Å². The number of carbonyl (C=O) groups excluding carboxylic acids is 2. The van der Waals surface area contributed by atoms with Crippen molar-refractivity contribution in [2.45, 2.75) is 13.3 Å². The number of nitro groups is 1. The number of carbonyl (C=O) groups is 2. The lowest BCUT2D eigenvalue weighted by molar-refractivity contribution is -0.380. The Bertz CT molecular complexity index is 727. The maximum Gasteiger partial charge on any atom is 0.341 e. The highest BCUT2D eigenvalue weighted by Gasteiger charge is 2.24. The zero-order chi connectivity index (χ0) is 16.8. The topological polar surface area (TPSA) is 98.5 Å². The Balaban J connectivity index is 2.18. The lowest BCUT2D eigenvalue weighted by Gasteiger charge is -2.05. The van der Waals surface area contributed by atoms with E-state index >= 15 is 0 Å². The lowest BCUT2D eigenvalue weighted by atomic mass is 10.1. The molecule has 0 spiro atoms. The van der Waals surface area contributed by atoms with Crippen LogP contribution in [0.25, 0.3) is 0 Å². The van der Waals surface area contributed by atoms with Gasteiger partial charge in [-0.2, -0.15) is 0 Å². The van der Waals surface area contributed by atoms with Crippen LogP contribution in [0.15, 0.2) is 36.4 Å². The number of esters is 1. The third kappa shape index (κ3) is 4.36. The number of amides is 1. The fourth-order valence-corrected chi connectivity index (χ4v) is 2.75. The van der Waals surface area contributed by atoms with Gasteiger partial charge in [-0.3, -0.25) is 14.9 Å². The molecule has 2 rings (SSSR count). The molecule has 0 radical (unpaired) electrons. The summed E-state index contributed by atoms with van der Waals surface area (Å²) in [4.78, 5) is 34.2. The lowest BCUT2D eigenvalue weighted by Crippen LogP contribution is -2.16. The predicted octanol–water partition coefficient (Wildman–Crippen LogP) is 3.01. The standard InChI is InChI=1S/C15H14N2O5S/c1-2-22-15(19)11-9-13(17(20)21)23-14(11)16-12(18)8-10-6-4-3-5-7-10/h3-7,9H,2,8H2,1H3,(H,16,18). The minimum Gasteiger partial charge on any atom is -0.462 e. The van der Waals surface area contributed by atoms with E-state index in [0.717, 1.165) is 23.0 Å². The number of hydrogen-bond acceptors (Lipinski definition) is 6. The number of rotatable bonds is 6. The molecule has 8 heteroatoms. The molecule has 0 saturated heterocycles. The number of benzene rings is 1. The number of thiophene rings is 1. The quantitative estimate of drug-likeness (QED) is 0.497. The molecular formula is C15H14N2O5S. The SMILES string of the molecule is CCOC(=O)c1cc([N+](=O)[O-])sc1NC(=O)Cc1ccccc1. The summed E-state index contributed by atoms with van der Waals surface area (Å²) in [6.45, 7) is 1.77. The molecule has 2 aromatic rings. The van der Waals surface area contributed by atoms with Crippen LogP contribution < -0.4 is 5.32 Å². The first-order valence-electron chi connectivity index (χ1n) is 6.80. The fourth-order valence-electron chi connectivity index (χ4n) is 1.87. The van der Waals surface area contributed by atoms with Gasteiger partial charge in [0.25, 0.3) is 0 Å². The largest absolute Gasteiger partial charge is 0.462 e. The first kappa shape index (κ1) is 16.6. The van der Waals surface area contributed by atoms with Gasteiger partial charge in [-0.15, -0.1) is 0 Å². The zero-order valence-corrected chi connectivity index (χ0v) is 13.1. The zero-order valence-electron chi connectivity index (χ0n) is 12.3. The summed E-state index contributed by atoms with van der Waals surface area (Å²) in [5.41, 5.74) is 0.790. The summed E-state index contributed by atoms with van der Waals surface area (Å²) in [5.74, 6) is -1.06. The Hall–Kier alpha value is -2.74. The molecule has 0 bridgehead atoms. The van der Waals surface area contributed by atoms with Gasteiger partial charge in [-0.25, -0.2) is 4.79 Å². The number of nitrogens with zero attached hydrogens (tertiary/aromatic N) is 1. The summed E-state index contributed by atoms with van der Waals surface area (Å²) in [7, 11) is 0. The highest BCUT2D eigenvalue weighted by atomic mass is 32.1. The third-order valence-electron chi connectivity index (χ3n) is 2.85. The van der Waals surface area contributed by atoms with Crippen molar-refractivity contribution in [3.63, 3.8) is 0 Å². The summed E-state index contributed by atoms with van der Waals surface area (Å²) in [6, 6.07) is 10.2. The van der Waals surface area contributed by atoms with Crippen molar-refractivity contribution < 1.29 is 19.2 Å². The second-order valence-electron chi connectivity index (χ2n) is 4.52. The van der Waals surface area contributed by atoms with Gasteiger partial charge in [-0.1, -0.05) is 30.3 Å². The van der Waals surface area contributed by atoms with Crippen LogP contribution in [0.5, 0.6) is 0 Å². The molecule has 1 aromatic carbocycles. The second-order valence-corrected chi connectivity index (χ2v) is 5.55. The van der Waals surface area contributed by atoms with Gasteiger partial charge >= 0.3 is 11.0 Å². The monoisotopic (exact) mass is 334 g/mol. The molecule has 1 aromatic heterocycles. The Labute approximate surface area is 136 Å². The van der Waals surface area contributed by atoms with Crippen LogP contribution in [-0.2, 0) is 16.0 Å². The van der Waals surface area contributed by atoms with Crippen LogP contribution in [0, 0.1) is 10.1 Å². The van der Waals surface area contributed by atoms with Crippen LogP contribution >= 0.6 is 11.3 Å². The third-order valence-corrected chi connectivity index (χ3v) is 3.86. The molecule has 0 aliphatic heterocycles. The van der Waals surface area contributed by atoms with Crippen molar-refractivity contribution in [1.29, 1.82) is 0 Å². The summed E-state index contributed by atoms with van der Waals surface area (Å²) >= 11 is 0.729. The minimum absolute atomic E-state index is 0.00929. The normalized spacial score (nSPS) is 10.1. The van der Waals surface area contributed by atoms with E-state index in [0.29, 0.717) is 0 Å². The molecule has 0 aliphatic rings. The molecule has 0 aliphatic carbocycles. The van der Waals surface area contributed by atoms with E-state index < -0.39 is 10.9 Å². The van der Waals surface area contributed by atoms with Crippen molar-refractivity contribution >= 4 is 33.2 Å². The Morgan fingerprint density at radius 3 is 2.61 bits per heavy atom. The second kappa shape index (κ2) is 7.50. The molecule has 7 nitrogen and oxygen atoms in total. The molecule has 1 heterocycles. The van der Waals surface area contributed by atoms with E-state index in [-0.39, 0.29) is 34.5 Å². The molecule has 0 fully saturated rings. The molecule has 23 heavy (non-hydrogen) atoms. The van der Waals surface area contributed by atoms with Crippen molar-refractivity contribution in [2.75, 3.05) is 11.9 Å². The van der Waals surface area contributed by atoms with Gasteiger partial charge in [0.05, 0.1) is 18.0 Å². The van der Waals surface area contributed by atoms with Gasteiger partial charge < -0.3 is 10.1 Å². The highest BCUT2D eigenvalue weighted by molar-refractivity contribution is 7.19. The first-order valence-corrected chi connectivity index (χ1v) is 7.62. The van der Waals surface area contributed by atoms with E-state index in [1.165, 1.54) is 0 Å². The molecule has 120 valence electrons. The Morgan fingerprint density at radius 2 is 2.00 bits per heavy atom. The van der Waals surface area contributed by atoms with Gasteiger partial charge in [0.2, 0.25) is 5.91 Å². The number of hydrogen-bond donors (Lipinski definition) is 1. The van der Waals surface area contributed by atoms with Gasteiger partial charge in [0, 0.05) is 6.07 Å². The average molecular weight is 334 g/mol. The Morgan fingerprint density at radius 1 is 1.30 bits per heavy atom. The average Bonchev–Trinajstić information content (AvgIpc) is 2.92. The molecule has 1 amide bonds. The van der Waals surface area contributed by atoms with Crippen LogP contribution in [0.1, 0.15) is 22.8 Å². The van der Waals surface area contributed by atoms with E-state index in [2.05, 4.69) is 5.32 Å². The maximum absolute atomic E-state index is 12.1. The van der Waals surface area contributed by atoms with Crippen LogP contribution in [0.4, 0.5) is 10.0 Å². The predicted molar refractivity (Wildman–Crippen MR) is 85.7 cm³/mol. The number of nitrogens with one attached hydrogen (secondary N) is 1.